The van der Waals surface area contributed by atoms with Crippen molar-refractivity contribution >= 4 is 44.4 Å². The molecular weight excluding hydrogens is 464 g/mol. The van der Waals surface area contributed by atoms with Gasteiger partial charge in [-0.3, -0.25) is 15.3 Å². The Morgan fingerprint density at radius 1 is 1.10 bits per heavy atom. The van der Waals surface area contributed by atoms with Gasteiger partial charge in [-0.1, -0.05) is 65.3 Å². The maximum Gasteiger partial charge on any atom is 0.412 e. The van der Waals surface area contributed by atoms with E-state index in [1.807, 2.05) is 36.4 Å². The average Bonchev–Trinajstić information content (AvgIpc) is 2.77. The molecule has 3 rings (SSSR count). The van der Waals surface area contributed by atoms with Gasteiger partial charge in [0.15, 0.2) is 0 Å². The number of rotatable bonds is 6. The van der Waals surface area contributed by atoms with E-state index >= 15 is 0 Å². The van der Waals surface area contributed by atoms with Gasteiger partial charge >= 0.3 is 6.09 Å². The predicted octanol–water partition coefficient (Wildman–Crippen LogP) is 5.30. The summed E-state index contributed by atoms with van der Waals surface area (Å²) in [6.07, 6.45) is 0.975. The van der Waals surface area contributed by atoms with E-state index < -0.39 is 24.0 Å². The zero-order valence-corrected chi connectivity index (χ0v) is 18.2. The highest BCUT2D eigenvalue weighted by molar-refractivity contribution is 9.10. The van der Waals surface area contributed by atoms with Gasteiger partial charge in [-0.25, -0.2) is 10.3 Å². The van der Waals surface area contributed by atoms with E-state index in [2.05, 4.69) is 21.2 Å². The third-order valence-electron chi connectivity index (χ3n) is 4.70. The first-order valence-electron chi connectivity index (χ1n) is 9.45. The summed E-state index contributed by atoms with van der Waals surface area (Å²) in [6.45, 7) is 1.72. The zero-order chi connectivity index (χ0) is 22.4. The van der Waals surface area contributed by atoms with Crippen molar-refractivity contribution in [2.24, 2.45) is 5.92 Å². The number of carbonyl (C=O) groups is 2. The second kappa shape index (κ2) is 10.1. The molecule has 0 bridgehead atoms. The molecule has 0 aliphatic heterocycles. The van der Waals surface area contributed by atoms with E-state index in [0.717, 1.165) is 16.8 Å². The number of amides is 2. The Labute approximate surface area is 187 Å². The molecule has 0 aromatic heterocycles. The smallest absolute Gasteiger partial charge is 0.412 e. The standard InChI is InChI=1S/C23H21BrN2O5/c1-14(9-12-21(28)26-30)22(18-13-16(24)10-11-20(18)27)31-23(29)25-19-8-4-6-15-5-2-3-7-17(15)19/h2-14,22,27,30H,1H3,(H,25,29)(H,26,28)/b12-9+/t14-,22+/m1/s1. The fraction of sp³-hybridized carbons (Fsp3) is 0.130. The topological polar surface area (TPSA) is 108 Å². The number of hydroxylamine groups is 1. The van der Waals surface area contributed by atoms with Gasteiger partial charge in [-0.15, -0.1) is 0 Å². The van der Waals surface area contributed by atoms with Crippen LogP contribution in [0.2, 0.25) is 0 Å². The number of benzene rings is 3. The lowest BCUT2D eigenvalue weighted by atomic mass is 9.96. The Morgan fingerprint density at radius 3 is 2.61 bits per heavy atom. The fourth-order valence-corrected chi connectivity index (χ4v) is 3.55. The normalized spacial score (nSPS) is 13.0. The molecule has 4 N–H and O–H groups in total. The number of halogens is 1. The molecule has 2 atom stereocenters. The molecule has 0 fully saturated rings. The van der Waals surface area contributed by atoms with Crippen molar-refractivity contribution in [3.8, 4) is 5.75 Å². The van der Waals surface area contributed by atoms with Crippen LogP contribution in [0.25, 0.3) is 10.8 Å². The second-order valence-electron chi connectivity index (χ2n) is 6.88. The van der Waals surface area contributed by atoms with Crippen LogP contribution in [-0.4, -0.2) is 22.3 Å². The minimum atomic E-state index is -0.907. The number of fused-ring (bicyclic) bond motifs is 1. The summed E-state index contributed by atoms with van der Waals surface area (Å²) in [7, 11) is 0. The Hall–Kier alpha value is -3.36. The third-order valence-corrected chi connectivity index (χ3v) is 5.19. The van der Waals surface area contributed by atoms with Gasteiger partial charge in [0.05, 0.1) is 5.69 Å². The Kier molecular flexibility index (Phi) is 7.28. The van der Waals surface area contributed by atoms with E-state index in [0.29, 0.717) is 15.7 Å². The van der Waals surface area contributed by atoms with Crippen LogP contribution in [0.15, 0.2) is 77.3 Å². The van der Waals surface area contributed by atoms with E-state index in [1.54, 1.807) is 25.1 Å². The minimum absolute atomic E-state index is 0.0574. The summed E-state index contributed by atoms with van der Waals surface area (Å²) in [6, 6.07) is 17.9. The van der Waals surface area contributed by atoms with Crippen molar-refractivity contribution in [2.75, 3.05) is 5.32 Å². The largest absolute Gasteiger partial charge is 0.508 e. The number of ether oxygens (including phenoxy) is 1. The van der Waals surface area contributed by atoms with Gasteiger partial charge in [0.2, 0.25) is 0 Å². The molecule has 3 aromatic carbocycles. The molecule has 160 valence electrons. The molecular formula is C23H21BrN2O5. The van der Waals surface area contributed by atoms with Crippen LogP contribution in [0.3, 0.4) is 0 Å². The number of carbonyl (C=O) groups excluding carboxylic acids is 2. The van der Waals surface area contributed by atoms with E-state index in [1.165, 1.54) is 17.6 Å². The third kappa shape index (κ3) is 5.62. The minimum Gasteiger partial charge on any atom is -0.508 e. The van der Waals surface area contributed by atoms with Crippen LogP contribution in [-0.2, 0) is 9.53 Å². The van der Waals surface area contributed by atoms with Crippen LogP contribution < -0.4 is 10.8 Å². The van der Waals surface area contributed by atoms with Crippen LogP contribution >= 0.6 is 15.9 Å². The molecule has 0 radical (unpaired) electrons. The highest BCUT2D eigenvalue weighted by atomic mass is 79.9. The summed E-state index contributed by atoms with van der Waals surface area (Å²) in [5, 5.41) is 23.6. The first-order chi connectivity index (χ1) is 14.9. The molecule has 7 nitrogen and oxygen atoms in total. The lowest BCUT2D eigenvalue weighted by Crippen LogP contribution is -2.22. The molecule has 3 aromatic rings. The van der Waals surface area contributed by atoms with Crippen LogP contribution in [0, 0.1) is 5.92 Å². The number of nitrogens with one attached hydrogen (secondary N) is 2. The summed E-state index contributed by atoms with van der Waals surface area (Å²) in [5.74, 6) is -1.28. The number of anilines is 1. The molecule has 0 saturated heterocycles. The van der Waals surface area contributed by atoms with Crippen LogP contribution in [0.4, 0.5) is 10.5 Å². The maximum atomic E-state index is 12.8. The lowest BCUT2D eigenvalue weighted by molar-refractivity contribution is -0.124. The number of hydrogen-bond donors (Lipinski definition) is 4. The average molecular weight is 485 g/mol. The molecule has 0 aliphatic carbocycles. The fourth-order valence-electron chi connectivity index (χ4n) is 3.17. The Bertz CT molecular complexity index is 1130. The molecule has 0 aliphatic rings. The van der Waals surface area contributed by atoms with E-state index in [4.69, 9.17) is 9.94 Å². The van der Waals surface area contributed by atoms with Crippen molar-refractivity contribution in [1.82, 2.24) is 5.48 Å². The molecule has 0 saturated carbocycles. The highest BCUT2D eigenvalue weighted by Gasteiger charge is 2.25. The van der Waals surface area contributed by atoms with Crippen molar-refractivity contribution in [2.45, 2.75) is 13.0 Å². The zero-order valence-electron chi connectivity index (χ0n) is 16.6. The van der Waals surface area contributed by atoms with Gasteiger partial charge in [0.1, 0.15) is 11.9 Å². The molecule has 0 unspecified atom stereocenters. The molecule has 0 heterocycles. The summed E-state index contributed by atoms with van der Waals surface area (Å²) < 4.78 is 6.36. The van der Waals surface area contributed by atoms with Crippen LogP contribution in [0.5, 0.6) is 5.75 Å². The molecule has 2 amide bonds. The lowest BCUT2D eigenvalue weighted by Gasteiger charge is -2.24. The molecule has 8 heteroatoms. The first-order valence-corrected chi connectivity index (χ1v) is 10.2. The van der Waals surface area contributed by atoms with Gasteiger partial charge in [-0.2, -0.15) is 0 Å². The summed E-state index contributed by atoms with van der Waals surface area (Å²) in [5.41, 5.74) is 2.46. The number of hydrogen-bond acceptors (Lipinski definition) is 5. The summed E-state index contributed by atoms with van der Waals surface area (Å²) >= 11 is 3.35. The maximum absolute atomic E-state index is 12.8. The molecule has 0 spiro atoms. The number of aromatic hydroxyl groups is 1. The quantitative estimate of drug-likeness (QED) is 0.216. The first kappa shape index (κ1) is 22.3. The summed E-state index contributed by atoms with van der Waals surface area (Å²) in [4.78, 5) is 24.1. The van der Waals surface area contributed by atoms with E-state index in [9.17, 15) is 14.7 Å². The Balaban J connectivity index is 1.88. The van der Waals surface area contributed by atoms with Gasteiger partial charge in [0.25, 0.3) is 5.91 Å². The SMILES string of the molecule is C[C@H](/C=C/C(=O)NO)[C@H](OC(=O)Nc1cccc2ccccc12)c1cc(Br)ccc1O. The number of phenolic OH excluding ortho intramolecular Hbond substituents is 1. The van der Waals surface area contributed by atoms with Crippen molar-refractivity contribution in [3.05, 3.63) is 82.9 Å². The highest BCUT2D eigenvalue weighted by Crippen LogP contribution is 2.35. The molecule has 31 heavy (non-hydrogen) atoms. The van der Waals surface area contributed by atoms with Gasteiger partial charge in [0, 0.05) is 27.4 Å². The van der Waals surface area contributed by atoms with Crippen LogP contribution in [0.1, 0.15) is 18.6 Å². The predicted molar refractivity (Wildman–Crippen MR) is 121 cm³/mol. The van der Waals surface area contributed by atoms with Crippen molar-refractivity contribution < 1.29 is 24.6 Å². The monoisotopic (exact) mass is 484 g/mol. The van der Waals surface area contributed by atoms with Gasteiger partial charge < -0.3 is 9.84 Å². The van der Waals surface area contributed by atoms with E-state index in [-0.39, 0.29) is 5.75 Å². The van der Waals surface area contributed by atoms with Crippen molar-refractivity contribution in [1.29, 1.82) is 0 Å². The number of phenols is 1. The van der Waals surface area contributed by atoms with Gasteiger partial charge in [-0.05, 0) is 29.7 Å². The second-order valence-corrected chi connectivity index (χ2v) is 7.79. The van der Waals surface area contributed by atoms with Crippen molar-refractivity contribution in [3.63, 3.8) is 0 Å². The Morgan fingerprint density at radius 2 is 1.84 bits per heavy atom.